The van der Waals surface area contributed by atoms with Crippen LogP contribution in [0.2, 0.25) is 0 Å². The summed E-state index contributed by atoms with van der Waals surface area (Å²) >= 11 is 0. The van der Waals surface area contributed by atoms with Crippen LogP contribution in [0.15, 0.2) is 48.5 Å². The van der Waals surface area contributed by atoms with E-state index in [1.807, 2.05) is 36.4 Å². The third-order valence-electron chi connectivity index (χ3n) is 5.21. The van der Waals surface area contributed by atoms with E-state index < -0.39 is 6.10 Å². The molecule has 1 aliphatic rings. The Morgan fingerprint density at radius 3 is 2.27 bits per heavy atom. The molecule has 140 valence electrons. The minimum absolute atomic E-state index is 0.306. The van der Waals surface area contributed by atoms with E-state index >= 15 is 0 Å². The van der Waals surface area contributed by atoms with Gasteiger partial charge >= 0.3 is 0 Å². The van der Waals surface area contributed by atoms with Gasteiger partial charge in [0.25, 0.3) is 0 Å². The van der Waals surface area contributed by atoms with Crippen molar-refractivity contribution in [2.45, 2.75) is 25.4 Å². The van der Waals surface area contributed by atoms with Crippen LogP contribution in [-0.2, 0) is 12.8 Å². The number of rotatable bonds is 8. The van der Waals surface area contributed by atoms with E-state index in [9.17, 15) is 5.11 Å². The molecule has 4 nitrogen and oxygen atoms in total. The van der Waals surface area contributed by atoms with E-state index in [-0.39, 0.29) is 0 Å². The quantitative estimate of drug-likeness (QED) is 0.790. The van der Waals surface area contributed by atoms with Crippen LogP contribution in [0.3, 0.4) is 0 Å². The molecular formula is C22H29NO3. The van der Waals surface area contributed by atoms with Gasteiger partial charge in [-0.3, -0.25) is 0 Å². The number of para-hydroxylation sites is 2. The van der Waals surface area contributed by atoms with Gasteiger partial charge in [0.05, 0.1) is 13.2 Å². The smallest absolute Gasteiger partial charge is 0.122 e. The first-order chi connectivity index (χ1) is 12.7. The zero-order chi connectivity index (χ0) is 18.4. The summed E-state index contributed by atoms with van der Waals surface area (Å²) in [5.74, 6) is 2.10. The lowest BCUT2D eigenvalue weighted by Gasteiger charge is -2.20. The molecular weight excluding hydrogens is 326 g/mol. The summed E-state index contributed by atoms with van der Waals surface area (Å²) in [7, 11) is 3.80. The number of benzene rings is 2. The average Bonchev–Trinajstić information content (AvgIpc) is 3.11. The van der Waals surface area contributed by atoms with Crippen LogP contribution in [0.5, 0.6) is 11.5 Å². The third kappa shape index (κ3) is 4.77. The Morgan fingerprint density at radius 2 is 1.65 bits per heavy atom. The number of nitrogens with zero attached hydrogens (tertiary/aromatic N) is 1. The number of ether oxygens (including phenoxy) is 2. The maximum atomic E-state index is 10.4. The molecule has 0 unspecified atom stereocenters. The van der Waals surface area contributed by atoms with Crippen molar-refractivity contribution < 1.29 is 14.6 Å². The van der Waals surface area contributed by atoms with Gasteiger partial charge in [0.15, 0.2) is 0 Å². The highest BCUT2D eigenvalue weighted by Crippen LogP contribution is 2.25. The Balaban J connectivity index is 1.59. The second kappa shape index (κ2) is 9.06. The lowest BCUT2D eigenvalue weighted by molar-refractivity contribution is 0.0603. The third-order valence-corrected chi connectivity index (χ3v) is 5.21. The van der Waals surface area contributed by atoms with Crippen LogP contribution < -0.4 is 9.47 Å². The van der Waals surface area contributed by atoms with E-state index in [0.717, 1.165) is 49.4 Å². The summed E-state index contributed by atoms with van der Waals surface area (Å²) < 4.78 is 11.4. The maximum Gasteiger partial charge on any atom is 0.122 e. The van der Waals surface area contributed by atoms with E-state index in [4.69, 9.17) is 9.47 Å². The number of likely N-dealkylation sites (tertiary alicyclic amines) is 1. The average molecular weight is 355 g/mol. The molecule has 0 aliphatic carbocycles. The molecule has 2 atom stereocenters. The highest BCUT2D eigenvalue weighted by Gasteiger charge is 2.26. The zero-order valence-electron chi connectivity index (χ0n) is 15.7. The van der Waals surface area contributed by atoms with Gasteiger partial charge in [0.2, 0.25) is 0 Å². The van der Waals surface area contributed by atoms with Crippen molar-refractivity contribution in [3.05, 3.63) is 59.7 Å². The van der Waals surface area contributed by atoms with E-state index in [0.29, 0.717) is 12.5 Å². The van der Waals surface area contributed by atoms with E-state index in [1.54, 1.807) is 7.11 Å². The molecule has 1 fully saturated rings. The van der Waals surface area contributed by atoms with Gasteiger partial charge in [0, 0.05) is 12.5 Å². The maximum absolute atomic E-state index is 10.4. The van der Waals surface area contributed by atoms with Crippen molar-refractivity contribution in [1.29, 1.82) is 0 Å². The van der Waals surface area contributed by atoms with E-state index in [1.165, 1.54) is 5.56 Å². The van der Waals surface area contributed by atoms with Crippen LogP contribution in [0.4, 0.5) is 0 Å². The highest BCUT2D eigenvalue weighted by atomic mass is 16.5. The molecule has 26 heavy (non-hydrogen) atoms. The van der Waals surface area contributed by atoms with Gasteiger partial charge < -0.3 is 19.5 Å². The number of aliphatic hydroxyl groups is 1. The standard InChI is InChI=1S/C22H29NO3/c1-23-14-13-19(15-23)20(24)16-26-22-10-6-4-8-18(22)12-11-17-7-3-5-9-21(17)25-2/h3-10,19-20,24H,11-16H2,1-2H3/t19-,20+/m1/s1. The first-order valence-corrected chi connectivity index (χ1v) is 9.36. The topological polar surface area (TPSA) is 41.9 Å². The predicted octanol–water partition coefficient (Wildman–Crippen LogP) is 3.17. The van der Waals surface area contributed by atoms with Crippen LogP contribution in [0.1, 0.15) is 17.5 Å². The van der Waals surface area contributed by atoms with E-state index in [2.05, 4.69) is 24.1 Å². The molecule has 0 amide bonds. The fourth-order valence-electron chi connectivity index (χ4n) is 3.62. The molecule has 1 N–H and O–H groups in total. The van der Waals surface area contributed by atoms with Crippen molar-refractivity contribution in [2.75, 3.05) is 33.9 Å². The Hall–Kier alpha value is -2.04. The van der Waals surface area contributed by atoms with Gasteiger partial charge in [0.1, 0.15) is 18.1 Å². The van der Waals surface area contributed by atoms with Crippen molar-refractivity contribution in [1.82, 2.24) is 4.90 Å². The molecule has 0 spiro atoms. The minimum atomic E-state index is -0.415. The van der Waals surface area contributed by atoms with Crippen molar-refractivity contribution in [2.24, 2.45) is 5.92 Å². The fourth-order valence-corrected chi connectivity index (χ4v) is 3.62. The van der Waals surface area contributed by atoms with Gasteiger partial charge in [-0.1, -0.05) is 36.4 Å². The second-order valence-electron chi connectivity index (χ2n) is 7.11. The van der Waals surface area contributed by atoms with Gasteiger partial charge in [-0.2, -0.15) is 0 Å². The summed E-state index contributed by atoms with van der Waals surface area (Å²) in [5, 5.41) is 10.4. The number of hydrogen-bond donors (Lipinski definition) is 1. The summed E-state index contributed by atoms with van der Waals surface area (Å²) in [6, 6.07) is 16.2. The second-order valence-corrected chi connectivity index (χ2v) is 7.11. The zero-order valence-corrected chi connectivity index (χ0v) is 15.7. The molecule has 0 radical (unpaired) electrons. The largest absolute Gasteiger partial charge is 0.496 e. The SMILES string of the molecule is COc1ccccc1CCc1ccccc1OC[C@H](O)[C@@H]1CCN(C)C1. The van der Waals surface area contributed by atoms with Crippen LogP contribution in [0, 0.1) is 5.92 Å². The molecule has 0 aromatic heterocycles. The van der Waals surface area contributed by atoms with Gasteiger partial charge in [-0.05, 0) is 56.1 Å². The molecule has 1 saturated heterocycles. The molecule has 1 heterocycles. The molecule has 0 bridgehead atoms. The predicted molar refractivity (Wildman–Crippen MR) is 104 cm³/mol. The number of aryl methyl sites for hydroxylation is 2. The fraction of sp³-hybridized carbons (Fsp3) is 0.455. The first-order valence-electron chi connectivity index (χ1n) is 9.36. The first kappa shape index (κ1) is 18.7. The summed E-state index contributed by atoms with van der Waals surface area (Å²) in [4.78, 5) is 2.26. The Kier molecular flexibility index (Phi) is 6.53. The molecule has 2 aromatic rings. The number of aliphatic hydroxyl groups excluding tert-OH is 1. The molecule has 3 rings (SSSR count). The number of hydrogen-bond acceptors (Lipinski definition) is 4. The molecule has 2 aromatic carbocycles. The Labute approximate surface area is 156 Å². The Morgan fingerprint density at radius 1 is 1.04 bits per heavy atom. The minimum Gasteiger partial charge on any atom is -0.496 e. The lowest BCUT2D eigenvalue weighted by atomic mass is 10.0. The van der Waals surface area contributed by atoms with Crippen molar-refractivity contribution >= 4 is 0 Å². The lowest BCUT2D eigenvalue weighted by Crippen LogP contribution is -2.29. The monoisotopic (exact) mass is 355 g/mol. The van der Waals surface area contributed by atoms with Crippen molar-refractivity contribution in [3.8, 4) is 11.5 Å². The van der Waals surface area contributed by atoms with Gasteiger partial charge in [-0.25, -0.2) is 0 Å². The number of methoxy groups -OCH3 is 1. The summed E-state index contributed by atoms with van der Waals surface area (Å²) in [6.07, 6.45) is 2.39. The highest BCUT2D eigenvalue weighted by molar-refractivity contribution is 5.37. The van der Waals surface area contributed by atoms with Crippen LogP contribution in [0.25, 0.3) is 0 Å². The summed E-state index contributed by atoms with van der Waals surface area (Å²) in [6.45, 7) is 2.35. The molecule has 1 aliphatic heterocycles. The normalized spacial score (nSPS) is 18.7. The van der Waals surface area contributed by atoms with Crippen molar-refractivity contribution in [3.63, 3.8) is 0 Å². The van der Waals surface area contributed by atoms with Gasteiger partial charge in [-0.15, -0.1) is 0 Å². The summed E-state index contributed by atoms with van der Waals surface area (Å²) in [5.41, 5.74) is 2.35. The van der Waals surface area contributed by atoms with Crippen LogP contribution >= 0.6 is 0 Å². The molecule has 0 saturated carbocycles. The molecule has 4 heteroatoms. The van der Waals surface area contributed by atoms with Crippen LogP contribution in [-0.4, -0.2) is 50.0 Å². The Bertz CT molecular complexity index is 703.